The topological polar surface area (TPSA) is 29.9 Å². The zero-order chi connectivity index (χ0) is 14.1. The maximum Gasteiger partial charge on any atom is 0.207 e. The maximum atomic E-state index is 6.29. The summed E-state index contributed by atoms with van der Waals surface area (Å²) in [6.07, 6.45) is 7.24. The lowest BCUT2D eigenvalue weighted by Crippen LogP contribution is -2.08. The molecule has 0 bridgehead atoms. The van der Waals surface area contributed by atoms with Crippen molar-refractivity contribution in [2.45, 2.75) is 38.6 Å². The molecule has 5 heteroatoms. The second-order valence-corrected chi connectivity index (χ2v) is 6.95. The van der Waals surface area contributed by atoms with E-state index in [0.29, 0.717) is 6.04 Å². The van der Waals surface area contributed by atoms with Crippen molar-refractivity contribution in [3.8, 4) is 0 Å². The van der Waals surface area contributed by atoms with Crippen molar-refractivity contribution in [1.29, 1.82) is 0 Å². The third kappa shape index (κ3) is 2.96. The van der Waals surface area contributed by atoms with Crippen molar-refractivity contribution in [2.24, 2.45) is 0 Å². The Morgan fingerprint density at radius 1 is 1.35 bits per heavy atom. The maximum absolute atomic E-state index is 6.29. The van der Waals surface area contributed by atoms with E-state index in [-0.39, 0.29) is 0 Å². The first-order chi connectivity index (χ1) is 9.63. The Labute approximate surface area is 137 Å². The van der Waals surface area contributed by atoms with Crippen LogP contribution in [0.25, 0.3) is 0 Å². The van der Waals surface area contributed by atoms with Crippen molar-refractivity contribution in [3.63, 3.8) is 0 Å². The van der Waals surface area contributed by atoms with Crippen LogP contribution >= 0.6 is 34.2 Å². The van der Waals surface area contributed by atoms with Gasteiger partial charge >= 0.3 is 0 Å². The third-order valence-electron chi connectivity index (χ3n) is 3.75. The molecular weight excluding hydrogens is 385 g/mol. The Morgan fingerprint density at radius 3 is 2.80 bits per heavy atom. The van der Waals surface area contributed by atoms with Gasteiger partial charge in [0.15, 0.2) is 0 Å². The van der Waals surface area contributed by atoms with Crippen LogP contribution in [0.5, 0.6) is 0 Å². The van der Waals surface area contributed by atoms with Gasteiger partial charge in [0, 0.05) is 15.8 Å². The van der Waals surface area contributed by atoms with E-state index in [0.717, 1.165) is 25.9 Å². The molecule has 106 valence electrons. The molecule has 2 aromatic rings. The zero-order valence-electron chi connectivity index (χ0n) is 11.4. The highest BCUT2D eigenvalue weighted by Crippen LogP contribution is 2.34. The number of hydrogen-bond donors (Lipinski definition) is 1. The molecule has 1 heterocycles. The molecule has 0 atom stereocenters. The molecule has 0 radical (unpaired) electrons. The third-order valence-corrected chi connectivity index (χ3v) is 4.73. The van der Waals surface area contributed by atoms with Crippen LogP contribution in [-0.2, 0) is 0 Å². The molecule has 3 nitrogen and oxygen atoms in total. The zero-order valence-corrected chi connectivity index (χ0v) is 14.3. The molecule has 3 rings (SSSR count). The minimum absolute atomic E-state index is 0.571. The van der Waals surface area contributed by atoms with Crippen molar-refractivity contribution < 1.29 is 0 Å². The summed E-state index contributed by atoms with van der Waals surface area (Å²) in [7, 11) is 0. The van der Waals surface area contributed by atoms with Gasteiger partial charge < -0.3 is 9.88 Å². The quantitative estimate of drug-likeness (QED) is 0.707. The highest BCUT2D eigenvalue weighted by Gasteiger charge is 2.20. The van der Waals surface area contributed by atoms with Crippen LogP contribution < -0.4 is 5.32 Å². The van der Waals surface area contributed by atoms with Gasteiger partial charge in [-0.1, -0.05) is 24.4 Å². The fourth-order valence-electron chi connectivity index (χ4n) is 2.78. The van der Waals surface area contributed by atoms with Crippen LogP contribution in [0.15, 0.2) is 24.4 Å². The normalized spacial score (nSPS) is 15.8. The van der Waals surface area contributed by atoms with Crippen LogP contribution in [0.2, 0.25) is 5.02 Å². The molecule has 1 aliphatic carbocycles. The minimum atomic E-state index is 0.571. The fourth-order valence-corrected chi connectivity index (χ4v) is 3.68. The predicted molar refractivity (Wildman–Crippen MR) is 91.9 cm³/mol. The molecule has 20 heavy (non-hydrogen) atoms. The Kier molecular flexibility index (Phi) is 4.21. The summed E-state index contributed by atoms with van der Waals surface area (Å²) >= 11 is 8.56. The van der Waals surface area contributed by atoms with Crippen molar-refractivity contribution in [3.05, 3.63) is 38.7 Å². The lowest BCUT2D eigenvalue weighted by Gasteiger charge is -2.16. The van der Waals surface area contributed by atoms with E-state index in [2.05, 4.69) is 43.7 Å². The Balaban J connectivity index is 1.90. The van der Waals surface area contributed by atoms with Crippen molar-refractivity contribution >= 4 is 45.8 Å². The SMILES string of the molecule is Cc1cn(C2CCCC2)c(Nc2ccc(I)cc2Cl)n1. The predicted octanol–water partition coefficient (Wildman–Crippen LogP) is 5.31. The second kappa shape index (κ2) is 5.93. The molecule has 1 saturated carbocycles. The van der Waals surface area contributed by atoms with Gasteiger partial charge in [0.05, 0.1) is 16.4 Å². The number of aromatic nitrogens is 2. The first-order valence-corrected chi connectivity index (χ1v) is 8.37. The Bertz CT molecular complexity index is 618. The number of imidazole rings is 1. The summed E-state index contributed by atoms with van der Waals surface area (Å²) in [6, 6.07) is 6.58. The van der Waals surface area contributed by atoms with Gasteiger partial charge in [-0.2, -0.15) is 0 Å². The van der Waals surface area contributed by atoms with Crippen LogP contribution in [-0.4, -0.2) is 9.55 Å². The molecular formula is C15H17ClIN3. The van der Waals surface area contributed by atoms with E-state index in [1.54, 1.807) is 0 Å². The minimum Gasteiger partial charge on any atom is -0.324 e. The van der Waals surface area contributed by atoms with Gasteiger partial charge in [0.1, 0.15) is 0 Å². The number of anilines is 2. The van der Waals surface area contributed by atoms with E-state index in [4.69, 9.17) is 11.6 Å². The van der Waals surface area contributed by atoms with E-state index < -0.39 is 0 Å². The standard InChI is InChI=1S/C15H17ClIN3/c1-10-9-20(12-4-2-3-5-12)15(18-10)19-14-7-6-11(17)8-13(14)16/h6-9,12H,2-5H2,1H3,(H,18,19). The summed E-state index contributed by atoms with van der Waals surface area (Å²) in [5, 5.41) is 4.11. The first kappa shape index (κ1) is 14.2. The molecule has 1 N–H and O–H groups in total. The number of aryl methyl sites for hydroxylation is 1. The average Bonchev–Trinajstić information content (AvgIpc) is 3.02. The fraction of sp³-hybridized carbons (Fsp3) is 0.400. The molecule has 0 unspecified atom stereocenters. The highest BCUT2D eigenvalue weighted by molar-refractivity contribution is 14.1. The average molecular weight is 402 g/mol. The lowest BCUT2D eigenvalue weighted by atomic mass is 10.2. The molecule has 0 spiro atoms. The molecule has 0 amide bonds. The Hall–Kier alpha value is -0.750. The van der Waals surface area contributed by atoms with Gasteiger partial charge in [-0.15, -0.1) is 0 Å². The number of halogens is 2. The second-order valence-electron chi connectivity index (χ2n) is 5.30. The summed E-state index contributed by atoms with van der Waals surface area (Å²) in [5.41, 5.74) is 1.96. The van der Waals surface area contributed by atoms with Gasteiger partial charge in [-0.05, 0) is 60.6 Å². The molecule has 1 aromatic carbocycles. The van der Waals surface area contributed by atoms with Gasteiger partial charge in [0.2, 0.25) is 5.95 Å². The number of nitrogens with one attached hydrogen (secondary N) is 1. The molecule has 1 aliphatic rings. The largest absolute Gasteiger partial charge is 0.324 e. The summed E-state index contributed by atoms with van der Waals surface area (Å²) in [4.78, 5) is 4.61. The smallest absolute Gasteiger partial charge is 0.207 e. The number of hydrogen-bond acceptors (Lipinski definition) is 2. The van der Waals surface area contributed by atoms with Gasteiger partial charge in [-0.25, -0.2) is 4.98 Å². The number of benzene rings is 1. The van der Waals surface area contributed by atoms with E-state index in [1.807, 2.05) is 25.1 Å². The lowest BCUT2D eigenvalue weighted by molar-refractivity contribution is 0.524. The first-order valence-electron chi connectivity index (χ1n) is 6.91. The van der Waals surface area contributed by atoms with Gasteiger partial charge in [-0.3, -0.25) is 0 Å². The van der Waals surface area contributed by atoms with Crippen molar-refractivity contribution in [2.75, 3.05) is 5.32 Å². The van der Waals surface area contributed by atoms with Crippen LogP contribution in [0.1, 0.15) is 37.4 Å². The Morgan fingerprint density at radius 2 is 2.10 bits per heavy atom. The number of nitrogens with zero attached hydrogens (tertiary/aromatic N) is 2. The van der Waals surface area contributed by atoms with Gasteiger partial charge in [0.25, 0.3) is 0 Å². The van der Waals surface area contributed by atoms with E-state index >= 15 is 0 Å². The van der Waals surface area contributed by atoms with Crippen LogP contribution in [0.3, 0.4) is 0 Å². The summed E-state index contributed by atoms with van der Waals surface area (Å²) in [6.45, 7) is 2.03. The van der Waals surface area contributed by atoms with Crippen LogP contribution in [0.4, 0.5) is 11.6 Å². The monoisotopic (exact) mass is 401 g/mol. The van der Waals surface area contributed by atoms with E-state index in [9.17, 15) is 0 Å². The number of rotatable bonds is 3. The van der Waals surface area contributed by atoms with E-state index in [1.165, 1.54) is 25.7 Å². The van der Waals surface area contributed by atoms with Crippen molar-refractivity contribution in [1.82, 2.24) is 9.55 Å². The molecule has 1 fully saturated rings. The van der Waals surface area contributed by atoms with Crippen LogP contribution in [0, 0.1) is 10.5 Å². The molecule has 0 aliphatic heterocycles. The highest BCUT2D eigenvalue weighted by atomic mass is 127. The molecule has 1 aromatic heterocycles. The summed E-state index contributed by atoms with van der Waals surface area (Å²) in [5.74, 6) is 0.900. The summed E-state index contributed by atoms with van der Waals surface area (Å²) < 4.78 is 3.41. The molecule has 0 saturated heterocycles.